The van der Waals surface area contributed by atoms with Gasteiger partial charge in [-0.1, -0.05) is 49.2 Å². The van der Waals surface area contributed by atoms with E-state index in [1.165, 1.54) is 12.8 Å². The summed E-state index contributed by atoms with van der Waals surface area (Å²) in [5.41, 5.74) is 0.847. The summed E-state index contributed by atoms with van der Waals surface area (Å²) in [6.45, 7) is 1.81. The molecule has 2 aromatic rings. The van der Waals surface area contributed by atoms with Gasteiger partial charge < -0.3 is 4.90 Å². The highest BCUT2D eigenvalue weighted by Gasteiger charge is 2.18. The Kier molecular flexibility index (Phi) is 3.49. The molecule has 1 amide bonds. The van der Waals surface area contributed by atoms with Crippen molar-refractivity contribution in [2.24, 2.45) is 0 Å². The number of hydrogen-bond donors (Lipinski definition) is 0. The Morgan fingerprint density at radius 1 is 0.842 bits per heavy atom. The second kappa shape index (κ2) is 5.43. The van der Waals surface area contributed by atoms with Crippen LogP contribution in [0.5, 0.6) is 0 Å². The third kappa shape index (κ3) is 2.48. The van der Waals surface area contributed by atoms with Crippen molar-refractivity contribution in [3.8, 4) is 0 Å². The lowest BCUT2D eigenvalue weighted by Gasteiger charge is -2.21. The zero-order valence-corrected chi connectivity index (χ0v) is 11.1. The minimum absolute atomic E-state index is 0.193. The number of benzene rings is 2. The van der Waals surface area contributed by atoms with Crippen LogP contribution >= 0.6 is 0 Å². The van der Waals surface area contributed by atoms with Gasteiger partial charge in [-0.05, 0) is 29.7 Å². The molecule has 0 bridgehead atoms. The zero-order valence-electron chi connectivity index (χ0n) is 11.1. The van der Waals surface area contributed by atoms with E-state index in [9.17, 15) is 4.79 Å². The Hall–Kier alpha value is -1.83. The Balaban J connectivity index is 1.96. The number of likely N-dealkylation sites (tertiary alicyclic amines) is 1. The van der Waals surface area contributed by atoms with Crippen molar-refractivity contribution < 1.29 is 4.79 Å². The number of rotatable bonds is 1. The van der Waals surface area contributed by atoms with Gasteiger partial charge in [0.15, 0.2) is 0 Å². The molecule has 2 heteroatoms. The first-order chi connectivity index (χ1) is 9.36. The lowest BCUT2D eigenvalue weighted by atomic mass is 10.0. The fraction of sp³-hybridized carbons (Fsp3) is 0.353. The van der Waals surface area contributed by atoms with Gasteiger partial charge in [0, 0.05) is 18.7 Å². The topological polar surface area (TPSA) is 20.3 Å². The zero-order chi connectivity index (χ0) is 13.1. The van der Waals surface area contributed by atoms with Crippen LogP contribution in [0.1, 0.15) is 36.0 Å². The Morgan fingerprint density at radius 2 is 1.53 bits per heavy atom. The molecule has 0 unspecified atom stereocenters. The first kappa shape index (κ1) is 12.2. The second-order valence-electron chi connectivity index (χ2n) is 5.23. The van der Waals surface area contributed by atoms with Gasteiger partial charge in [0.1, 0.15) is 0 Å². The molecule has 3 rings (SSSR count). The van der Waals surface area contributed by atoms with Gasteiger partial charge in [0.2, 0.25) is 0 Å². The molecule has 0 aromatic heterocycles. The van der Waals surface area contributed by atoms with E-state index in [-0.39, 0.29) is 5.91 Å². The molecule has 1 aliphatic rings. The average molecular weight is 253 g/mol. The van der Waals surface area contributed by atoms with Gasteiger partial charge in [0.25, 0.3) is 5.91 Å². The fourth-order valence-electron chi connectivity index (χ4n) is 2.86. The molecule has 0 spiro atoms. The highest BCUT2D eigenvalue weighted by atomic mass is 16.2. The lowest BCUT2D eigenvalue weighted by molar-refractivity contribution is 0.0763. The van der Waals surface area contributed by atoms with Crippen molar-refractivity contribution in [2.75, 3.05) is 13.1 Å². The molecule has 19 heavy (non-hydrogen) atoms. The molecule has 0 atom stereocenters. The molecule has 1 aliphatic heterocycles. The number of carbonyl (C=O) groups is 1. The van der Waals surface area contributed by atoms with E-state index < -0.39 is 0 Å². The molecular formula is C17H19NO. The summed E-state index contributed by atoms with van der Waals surface area (Å²) in [4.78, 5) is 14.7. The van der Waals surface area contributed by atoms with Crippen molar-refractivity contribution in [3.05, 3.63) is 48.0 Å². The van der Waals surface area contributed by atoms with E-state index >= 15 is 0 Å². The monoisotopic (exact) mass is 253 g/mol. The third-order valence-electron chi connectivity index (χ3n) is 3.91. The van der Waals surface area contributed by atoms with Crippen LogP contribution in [0.2, 0.25) is 0 Å². The minimum Gasteiger partial charge on any atom is -0.339 e. The largest absolute Gasteiger partial charge is 0.339 e. The molecule has 1 heterocycles. The number of fused-ring (bicyclic) bond motifs is 1. The standard InChI is InChI=1S/C17H19NO/c19-17(18-12-5-1-2-6-13-18)16-11-7-9-14-8-3-4-10-15(14)16/h3-4,7-11H,1-2,5-6,12-13H2. The summed E-state index contributed by atoms with van der Waals surface area (Å²) in [5.74, 6) is 0.193. The summed E-state index contributed by atoms with van der Waals surface area (Å²) >= 11 is 0. The van der Waals surface area contributed by atoms with Crippen LogP contribution in [0.3, 0.4) is 0 Å². The van der Waals surface area contributed by atoms with Crippen LogP contribution < -0.4 is 0 Å². The lowest BCUT2D eigenvalue weighted by Crippen LogP contribution is -2.31. The average Bonchev–Trinajstić information content (AvgIpc) is 2.75. The maximum absolute atomic E-state index is 12.7. The van der Waals surface area contributed by atoms with E-state index in [0.29, 0.717) is 0 Å². The first-order valence-corrected chi connectivity index (χ1v) is 7.13. The number of hydrogen-bond acceptors (Lipinski definition) is 1. The molecule has 0 saturated carbocycles. The Labute approximate surface area is 114 Å². The fourth-order valence-corrected chi connectivity index (χ4v) is 2.86. The van der Waals surface area contributed by atoms with E-state index in [1.807, 2.05) is 35.2 Å². The SMILES string of the molecule is O=C(c1cccc2ccccc12)N1CCCCCC1. The minimum atomic E-state index is 0.193. The van der Waals surface area contributed by atoms with Crippen LogP contribution in [-0.4, -0.2) is 23.9 Å². The van der Waals surface area contributed by atoms with Crippen LogP contribution in [0, 0.1) is 0 Å². The van der Waals surface area contributed by atoms with Gasteiger partial charge in [-0.25, -0.2) is 0 Å². The quantitative estimate of drug-likeness (QED) is 0.755. The van der Waals surface area contributed by atoms with Crippen molar-refractivity contribution in [3.63, 3.8) is 0 Å². The summed E-state index contributed by atoms with van der Waals surface area (Å²) < 4.78 is 0. The van der Waals surface area contributed by atoms with E-state index in [1.54, 1.807) is 0 Å². The van der Waals surface area contributed by atoms with E-state index in [0.717, 1.165) is 42.3 Å². The molecular weight excluding hydrogens is 234 g/mol. The Bertz CT molecular complexity index is 577. The summed E-state index contributed by atoms with van der Waals surface area (Å²) in [6.07, 6.45) is 4.77. The summed E-state index contributed by atoms with van der Waals surface area (Å²) in [5, 5.41) is 2.21. The molecule has 0 aliphatic carbocycles. The number of nitrogens with zero attached hydrogens (tertiary/aromatic N) is 1. The maximum Gasteiger partial charge on any atom is 0.254 e. The normalized spacial score (nSPS) is 16.3. The molecule has 2 nitrogen and oxygen atoms in total. The first-order valence-electron chi connectivity index (χ1n) is 7.13. The highest BCUT2D eigenvalue weighted by Crippen LogP contribution is 2.21. The summed E-state index contributed by atoms with van der Waals surface area (Å²) in [6, 6.07) is 14.1. The molecule has 1 saturated heterocycles. The van der Waals surface area contributed by atoms with Crippen molar-refractivity contribution in [1.82, 2.24) is 4.90 Å². The van der Waals surface area contributed by atoms with Crippen LogP contribution in [-0.2, 0) is 0 Å². The van der Waals surface area contributed by atoms with Gasteiger partial charge in [0.05, 0.1) is 0 Å². The van der Waals surface area contributed by atoms with Crippen molar-refractivity contribution in [1.29, 1.82) is 0 Å². The summed E-state index contributed by atoms with van der Waals surface area (Å²) in [7, 11) is 0. The van der Waals surface area contributed by atoms with Crippen LogP contribution in [0.25, 0.3) is 10.8 Å². The molecule has 0 N–H and O–H groups in total. The predicted molar refractivity (Wildman–Crippen MR) is 78.3 cm³/mol. The third-order valence-corrected chi connectivity index (χ3v) is 3.91. The van der Waals surface area contributed by atoms with Gasteiger partial charge in [-0.2, -0.15) is 0 Å². The number of carbonyl (C=O) groups excluding carboxylic acids is 1. The van der Waals surface area contributed by atoms with E-state index in [4.69, 9.17) is 0 Å². The molecule has 0 radical (unpaired) electrons. The van der Waals surface area contributed by atoms with Crippen LogP contribution in [0.15, 0.2) is 42.5 Å². The smallest absolute Gasteiger partial charge is 0.254 e. The molecule has 98 valence electrons. The molecule has 2 aromatic carbocycles. The van der Waals surface area contributed by atoms with Crippen molar-refractivity contribution in [2.45, 2.75) is 25.7 Å². The maximum atomic E-state index is 12.7. The molecule has 1 fully saturated rings. The van der Waals surface area contributed by atoms with Crippen LogP contribution in [0.4, 0.5) is 0 Å². The van der Waals surface area contributed by atoms with Gasteiger partial charge >= 0.3 is 0 Å². The second-order valence-corrected chi connectivity index (χ2v) is 5.23. The Morgan fingerprint density at radius 3 is 2.32 bits per heavy atom. The predicted octanol–water partition coefficient (Wildman–Crippen LogP) is 3.86. The highest BCUT2D eigenvalue weighted by molar-refractivity contribution is 6.07. The number of amides is 1. The van der Waals surface area contributed by atoms with Gasteiger partial charge in [-0.15, -0.1) is 0 Å². The van der Waals surface area contributed by atoms with Crippen molar-refractivity contribution >= 4 is 16.7 Å². The van der Waals surface area contributed by atoms with E-state index in [2.05, 4.69) is 12.1 Å². The van der Waals surface area contributed by atoms with Gasteiger partial charge in [-0.3, -0.25) is 4.79 Å².